The first-order chi connectivity index (χ1) is 16.3. The normalized spacial score (nSPS) is 23.3. The van der Waals surface area contributed by atoms with E-state index < -0.39 is 21.1 Å². The van der Waals surface area contributed by atoms with Crippen molar-refractivity contribution < 1.29 is 27.1 Å². The molecular weight excluding hydrogens is 461 g/mol. The van der Waals surface area contributed by atoms with Crippen molar-refractivity contribution in [1.82, 2.24) is 15.5 Å². The molecule has 0 aromatic heterocycles. The number of hydrogen-bond donors (Lipinski definition) is 2. The van der Waals surface area contributed by atoms with Crippen LogP contribution in [-0.4, -0.2) is 69.5 Å². The van der Waals surface area contributed by atoms with Gasteiger partial charge in [0, 0.05) is 31.5 Å². The molecule has 1 aliphatic carbocycles. The van der Waals surface area contributed by atoms with E-state index in [1.54, 1.807) is 17.0 Å². The van der Waals surface area contributed by atoms with Gasteiger partial charge >= 0.3 is 6.03 Å². The van der Waals surface area contributed by atoms with Gasteiger partial charge < -0.3 is 15.0 Å². The lowest BCUT2D eigenvalue weighted by atomic mass is 9.81. The molecule has 4 rings (SSSR count). The third-order valence-electron chi connectivity index (χ3n) is 6.98. The molecule has 0 radical (unpaired) electrons. The second-order valence-corrected chi connectivity index (χ2v) is 12.0. The van der Waals surface area contributed by atoms with E-state index in [1.165, 1.54) is 6.07 Å². The minimum Gasteiger partial charge on any atom is -0.490 e. The predicted octanol–water partition coefficient (Wildman–Crippen LogP) is 2.37. The quantitative estimate of drug-likeness (QED) is 0.432. The SMILES string of the molecule is O=C1CCN(CCCCCS(=O)(=O)CC2(c3ccc(F)c(OCC4CC4)c3)CCNC2)C(=O)N1. The average Bonchev–Trinajstić information content (AvgIpc) is 3.50. The highest BCUT2D eigenvalue weighted by Crippen LogP contribution is 2.36. The topological polar surface area (TPSA) is 105 Å². The van der Waals surface area contributed by atoms with Crippen molar-refractivity contribution in [3.05, 3.63) is 29.6 Å². The van der Waals surface area contributed by atoms with Crippen molar-refractivity contribution in [2.24, 2.45) is 5.92 Å². The molecule has 0 spiro atoms. The lowest BCUT2D eigenvalue weighted by molar-refractivity contribution is -0.121. The van der Waals surface area contributed by atoms with Gasteiger partial charge in [0.05, 0.1) is 18.1 Å². The number of sulfone groups is 1. The number of ether oxygens (including phenoxy) is 1. The maximum atomic E-state index is 14.3. The lowest BCUT2D eigenvalue weighted by Gasteiger charge is -2.29. The molecule has 0 bridgehead atoms. The van der Waals surface area contributed by atoms with Gasteiger partial charge in [-0.2, -0.15) is 0 Å². The fraction of sp³-hybridized carbons (Fsp3) is 0.667. The number of amides is 3. The molecular formula is C24H34FN3O5S. The van der Waals surface area contributed by atoms with E-state index in [9.17, 15) is 22.4 Å². The van der Waals surface area contributed by atoms with Gasteiger partial charge in [-0.05, 0) is 62.3 Å². The number of halogens is 1. The number of unbranched alkanes of at least 4 members (excludes halogenated alkanes) is 2. The summed E-state index contributed by atoms with van der Waals surface area (Å²) in [5.41, 5.74) is 0.210. The van der Waals surface area contributed by atoms with Gasteiger partial charge in [0.15, 0.2) is 21.4 Å². The summed E-state index contributed by atoms with van der Waals surface area (Å²) in [5, 5.41) is 5.57. The van der Waals surface area contributed by atoms with E-state index >= 15 is 0 Å². The van der Waals surface area contributed by atoms with Crippen molar-refractivity contribution in [3.63, 3.8) is 0 Å². The van der Waals surface area contributed by atoms with Crippen LogP contribution in [0, 0.1) is 11.7 Å². The Morgan fingerprint density at radius 3 is 2.71 bits per heavy atom. The van der Waals surface area contributed by atoms with Crippen molar-refractivity contribution >= 4 is 21.8 Å². The number of rotatable bonds is 12. The third-order valence-corrected chi connectivity index (χ3v) is 8.88. The molecule has 2 heterocycles. The highest BCUT2D eigenvalue weighted by atomic mass is 32.2. The van der Waals surface area contributed by atoms with E-state index in [4.69, 9.17) is 4.74 Å². The van der Waals surface area contributed by atoms with Crippen LogP contribution in [0.15, 0.2) is 18.2 Å². The number of carbonyl (C=O) groups excluding carboxylic acids is 2. The molecule has 1 saturated carbocycles. The number of nitrogens with one attached hydrogen (secondary N) is 2. The fourth-order valence-corrected chi connectivity index (χ4v) is 6.78. The fourth-order valence-electron chi connectivity index (χ4n) is 4.74. The number of urea groups is 1. The molecule has 188 valence electrons. The van der Waals surface area contributed by atoms with Crippen LogP contribution in [0.1, 0.15) is 50.5 Å². The molecule has 10 heteroatoms. The van der Waals surface area contributed by atoms with Gasteiger partial charge in [0.2, 0.25) is 5.91 Å². The summed E-state index contributed by atoms with van der Waals surface area (Å²) >= 11 is 0. The Kier molecular flexibility index (Phi) is 7.77. The highest BCUT2D eigenvalue weighted by molar-refractivity contribution is 7.91. The van der Waals surface area contributed by atoms with Crippen molar-refractivity contribution in [3.8, 4) is 5.75 Å². The number of hydrogen-bond acceptors (Lipinski definition) is 6. The minimum absolute atomic E-state index is 0.0112. The van der Waals surface area contributed by atoms with Crippen molar-refractivity contribution in [2.45, 2.75) is 50.4 Å². The Balaban J connectivity index is 1.31. The molecule has 1 unspecified atom stereocenters. The van der Waals surface area contributed by atoms with Crippen LogP contribution >= 0.6 is 0 Å². The third kappa shape index (κ3) is 6.47. The molecule has 2 saturated heterocycles. The van der Waals surface area contributed by atoms with Crippen LogP contribution in [0.25, 0.3) is 0 Å². The van der Waals surface area contributed by atoms with Gasteiger partial charge in [-0.3, -0.25) is 10.1 Å². The largest absolute Gasteiger partial charge is 0.490 e. The Bertz CT molecular complexity index is 1010. The predicted molar refractivity (Wildman–Crippen MR) is 126 cm³/mol. The molecule has 3 aliphatic rings. The summed E-state index contributed by atoms with van der Waals surface area (Å²) in [4.78, 5) is 24.6. The lowest BCUT2D eigenvalue weighted by Crippen LogP contribution is -2.49. The van der Waals surface area contributed by atoms with Crippen molar-refractivity contribution in [2.75, 3.05) is 44.3 Å². The van der Waals surface area contributed by atoms with Gasteiger partial charge in [-0.25, -0.2) is 17.6 Å². The summed E-state index contributed by atoms with van der Waals surface area (Å²) in [6.45, 7) is 2.66. The zero-order valence-corrected chi connectivity index (χ0v) is 20.3. The zero-order chi connectivity index (χ0) is 24.2. The van der Waals surface area contributed by atoms with E-state index in [0.717, 1.165) is 18.4 Å². The van der Waals surface area contributed by atoms with Crippen LogP contribution in [0.3, 0.4) is 0 Å². The highest BCUT2D eigenvalue weighted by Gasteiger charge is 2.40. The average molecular weight is 496 g/mol. The molecule has 1 aromatic carbocycles. The number of benzene rings is 1. The Labute approximate surface area is 200 Å². The summed E-state index contributed by atoms with van der Waals surface area (Å²) in [6, 6.07) is 4.39. The van der Waals surface area contributed by atoms with Crippen LogP contribution < -0.4 is 15.4 Å². The first-order valence-electron chi connectivity index (χ1n) is 12.2. The first kappa shape index (κ1) is 24.9. The molecule has 34 heavy (non-hydrogen) atoms. The van der Waals surface area contributed by atoms with E-state index in [0.29, 0.717) is 70.8 Å². The van der Waals surface area contributed by atoms with Gasteiger partial charge in [0.1, 0.15) is 0 Å². The van der Waals surface area contributed by atoms with E-state index in [-0.39, 0.29) is 29.2 Å². The summed E-state index contributed by atoms with van der Waals surface area (Å²) < 4.78 is 46.1. The number of imide groups is 1. The monoisotopic (exact) mass is 495 g/mol. The smallest absolute Gasteiger partial charge is 0.324 e. The molecule has 1 aromatic rings. The van der Waals surface area contributed by atoms with Crippen LogP contribution in [-0.2, 0) is 20.0 Å². The first-order valence-corrected chi connectivity index (χ1v) is 14.0. The molecule has 2 aliphatic heterocycles. The molecule has 2 N–H and O–H groups in total. The van der Waals surface area contributed by atoms with Gasteiger partial charge in [0.25, 0.3) is 0 Å². The second kappa shape index (κ2) is 10.6. The maximum absolute atomic E-state index is 14.3. The van der Waals surface area contributed by atoms with Gasteiger partial charge in [-0.1, -0.05) is 12.5 Å². The molecule has 3 fully saturated rings. The van der Waals surface area contributed by atoms with Crippen LogP contribution in [0.2, 0.25) is 0 Å². The van der Waals surface area contributed by atoms with E-state index in [1.807, 2.05) is 0 Å². The van der Waals surface area contributed by atoms with Crippen LogP contribution in [0.5, 0.6) is 5.75 Å². The minimum atomic E-state index is -3.35. The summed E-state index contributed by atoms with van der Waals surface area (Å²) in [6.07, 6.45) is 5.06. The Hall–Kier alpha value is -2.20. The Morgan fingerprint density at radius 1 is 1.18 bits per heavy atom. The second-order valence-electron chi connectivity index (χ2n) is 9.85. The zero-order valence-electron chi connectivity index (χ0n) is 19.5. The number of nitrogens with zero attached hydrogens (tertiary/aromatic N) is 1. The molecule has 1 atom stereocenters. The summed E-state index contributed by atoms with van der Waals surface area (Å²) in [7, 11) is -3.35. The molecule has 8 nitrogen and oxygen atoms in total. The number of carbonyl (C=O) groups is 2. The van der Waals surface area contributed by atoms with Crippen molar-refractivity contribution in [1.29, 1.82) is 0 Å². The maximum Gasteiger partial charge on any atom is 0.324 e. The standard InChI is InChI=1S/C24H34FN3O5S/c25-20-7-6-19(14-21(20)33-15-18-4-5-18)24(9-10-26-16-24)17-34(31,32)13-3-1-2-11-28-12-8-22(29)27-23(28)30/h6-7,14,18,26H,1-5,8-13,15-17H2,(H,27,29,30). The Morgan fingerprint density at radius 2 is 2.00 bits per heavy atom. The summed E-state index contributed by atoms with van der Waals surface area (Å²) in [5.74, 6) is 0.114. The molecule has 3 amide bonds. The van der Waals surface area contributed by atoms with Gasteiger partial charge in [-0.15, -0.1) is 0 Å². The van der Waals surface area contributed by atoms with E-state index in [2.05, 4.69) is 10.6 Å². The van der Waals surface area contributed by atoms with Crippen LogP contribution in [0.4, 0.5) is 9.18 Å².